The lowest BCUT2D eigenvalue weighted by Gasteiger charge is -2.10. The number of benzene rings is 1. The van der Waals surface area contributed by atoms with E-state index in [2.05, 4.69) is 10.3 Å². The van der Waals surface area contributed by atoms with Crippen molar-refractivity contribution >= 4 is 17.4 Å². The second kappa shape index (κ2) is 6.71. The third-order valence-corrected chi connectivity index (χ3v) is 2.73. The summed E-state index contributed by atoms with van der Waals surface area (Å²) in [6, 6.07) is 10.7. The van der Waals surface area contributed by atoms with Crippen molar-refractivity contribution in [3.63, 3.8) is 0 Å². The SMILES string of the molecule is Cc1cc(C(N)=O)cc(Nc2cccc(OCCN)c2)n1. The van der Waals surface area contributed by atoms with Crippen LogP contribution in [0.5, 0.6) is 5.75 Å². The quantitative estimate of drug-likeness (QED) is 0.748. The molecule has 0 fully saturated rings. The Balaban J connectivity index is 2.19. The van der Waals surface area contributed by atoms with Crippen LogP contribution in [-0.4, -0.2) is 24.0 Å². The molecule has 0 unspecified atom stereocenters. The molecule has 2 rings (SSSR count). The van der Waals surface area contributed by atoms with Crippen LogP contribution < -0.4 is 21.5 Å². The van der Waals surface area contributed by atoms with Crippen molar-refractivity contribution in [3.05, 3.63) is 47.7 Å². The molecular formula is C15H18N4O2. The van der Waals surface area contributed by atoms with Crippen LogP contribution in [0.15, 0.2) is 36.4 Å². The van der Waals surface area contributed by atoms with Crippen LogP contribution in [0.2, 0.25) is 0 Å². The molecule has 0 aliphatic carbocycles. The number of anilines is 2. The summed E-state index contributed by atoms with van der Waals surface area (Å²) >= 11 is 0. The van der Waals surface area contributed by atoms with Gasteiger partial charge in [-0.25, -0.2) is 4.98 Å². The molecule has 6 heteroatoms. The van der Waals surface area contributed by atoms with E-state index in [1.807, 2.05) is 24.3 Å². The summed E-state index contributed by atoms with van der Waals surface area (Å²) in [5.74, 6) is 0.789. The molecule has 1 heterocycles. The van der Waals surface area contributed by atoms with E-state index in [1.165, 1.54) is 0 Å². The fourth-order valence-corrected chi connectivity index (χ4v) is 1.86. The molecular weight excluding hydrogens is 268 g/mol. The van der Waals surface area contributed by atoms with Gasteiger partial charge in [0.25, 0.3) is 0 Å². The van der Waals surface area contributed by atoms with Crippen LogP contribution in [-0.2, 0) is 0 Å². The van der Waals surface area contributed by atoms with E-state index in [4.69, 9.17) is 16.2 Å². The summed E-state index contributed by atoms with van der Waals surface area (Å²) in [6.07, 6.45) is 0. The summed E-state index contributed by atoms with van der Waals surface area (Å²) in [5.41, 5.74) is 12.6. The molecule has 0 spiro atoms. The van der Waals surface area contributed by atoms with Crippen LogP contribution in [0.3, 0.4) is 0 Å². The number of hydrogen-bond donors (Lipinski definition) is 3. The smallest absolute Gasteiger partial charge is 0.248 e. The highest BCUT2D eigenvalue weighted by molar-refractivity contribution is 5.93. The highest BCUT2D eigenvalue weighted by atomic mass is 16.5. The Labute approximate surface area is 123 Å². The maximum absolute atomic E-state index is 11.3. The van der Waals surface area contributed by atoms with Gasteiger partial charge in [-0.05, 0) is 31.2 Å². The fraction of sp³-hybridized carbons (Fsp3) is 0.200. The van der Waals surface area contributed by atoms with Crippen LogP contribution in [0.1, 0.15) is 16.1 Å². The molecule has 110 valence electrons. The van der Waals surface area contributed by atoms with Crippen LogP contribution >= 0.6 is 0 Å². The van der Waals surface area contributed by atoms with E-state index in [0.29, 0.717) is 36.0 Å². The number of aromatic nitrogens is 1. The summed E-state index contributed by atoms with van der Waals surface area (Å²) in [7, 11) is 0. The zero-order chi connectivity index (χ0) is 15.2. The molecule has 0 aliphatic rings. The van der Waals surface area contributed by atoms with Gasteiger partial charge in [0.05, 0.1) is 0 Å². The molecule has 0 saturated heterocycles. The summed E-state index contributed by atoms with van der Waals surface area (Å²) in [4.78, 5) is 15.6. The molecule has 1 aromatic carbocycles. The monoisotopic (exact) mass is 286 g/mol. The minimum absolute atomic E-state index is 0.417. The Morgan fingerprint density at radius 2 is 2.14 bits per heavy atom. The standard InChI is InChI=1S/C15H18N4O2/c1-10-7-11(15(17)20)8-14(18-10)19-12-3-2-4-13(9-12)21-6-5-16/h2-4,7-9H,5-6,16H2,1H3,(H2,17,20)(H,18,19). The number of pyridine rings is 1. The number of amides is 1. The highest BCUT2D eigenvalue weighted by Gasteiger charge is 2.06. The molecule has 1 aromatic heterocycles. The first kappa shape index (κ1) is 14.8. The number of primary amides is 1. The number of rotatable bonds is 6. The molecule has 0 saturated carbocycles. The minimum atomic E-state index is -0.483. The van der Waals surface area contributed by atoms with E-state index in [0.717, 1.165) is 5.69 Å². The molecule has 6 nitrogen and oxygen atoms in total. The predicted octanol–water partition coefficient (Wildman–Crippen LogP) is 1.57. The Morgan fingerprint density at radius 1 is 1.33 bits per heavy atom. The maximum Gasteiger partial charge on any atom is 0.248 e. The average Bonchev–Trinajstić information content (AvgIpc) is 2.45. The molecule has 0 aliphatic heterocycles. The first-order valence-corrected chi connectivity index (χ1v) is 6.57. The van der Waals surface area contributed by atoms with E-state index in [-0.39, 0.29) is 0 Å². The largest absolute Gasteiger partial charge is 0.492 e. The number of carbonyl (C=O) groups is 1. The van der Waals surface area contributed by atoms with E-state index in [9.17, 15) is 4.79 Å². The van der Waals surface area contributed by atoms with Crippen molar-refractivity contribution in [3.8, 4) is 5.75 Å². The second-order valence-corrected chi connectivity index (χ2v) is 4.54. The Kier molecular flexibility index (Phi) is 4.73. The lowest BCUT2D eigenvalue weighted by atomic mass is 10.2. The van der Waals surface area contributed by atoms with Gasteiger partial charge in [0, 0.05) is 29.6 Å². The van der Waals surface area contributed by atoms with Crippen molar-refractivity contribution < 1.29 is 9.53 Å². The lowest BCUT2D eigenvalue weighted by Crippen LogP contribution is -2.12. The van der Waals surface area contributed by atoms with Gasteiger partial charge in [-0.3, -0.25) is 4.79 Å². The van der Waals surface area contributed by atoms with Gasteiger partial charge in [0.15, 0.2) is 0 Å². The van der Waals surface area contributed by atoms with Crippen molar-refractivity contribution in [2.24, 2.45) is 11.5 Å². The number of carbonyl (C=O) groups excluding carboxylic acids is 1. The minimum Gasteiger partial charge on any atom is -0.492 e. The van der Waals surface area contributed by atoms with Gasteiger partial charge in [-0.2, -0.15) is 0 Å². The summed E-state index contributed by atoms with van der Waals surface area (Å²) < 4.78 is 5.46. The zero-order valence-electron chi connectivity index (χ0n) is 11.8. The Morgan fingerprint density at radius 3 is 2.86 bits per heavy atom. The predicted molar refractivity (Wildman–Crippen MR) is 81.8 cm³/mol. The third-order valence-electron chi connectivity index (χ3n) is 2.73. The second-order valence-electron chi connectivity index (χ2n) is 4.54. The Hall–Kier alpha value is -2.60. The number of hydrogen-bond acceptors (Lipinski definition) is 5. The topological polar surface area (TPSA) is 103 Å². The average molecular weight is 286 g/mol. The van der Waals surface area contributed by atoms with E-state index in [1.54, 1.807) is 19.1 Å². The lowest BCUT2D eigenvalue weighted by molar-refractivity contribution is 0.1000. The Bertz CT molecular complexity index is 643. The number of aryl methyl sites for hydroxylation is 1. The van der Waals surface area contributed by atoms with Gasteiger partial charge >= 0.3 is 0 Å². The van der Waals surface area contributed by atoms with Gasteiger partial charge in [0.2, 0.25) is 5.91 Å². The zero-order valence-corrected chi connectivity index (χ0v) is 11.8. The van der Waals surface area contributed by atoms with Gasteiger partial charge < -0.3 is 21.5 Å². The first-order valence-electron chi connectivity index (χ1n) is 6.57. The fourth-order valence-electron chi connectivity index (χ4n) is 1.86. The summed E-state index contributed by atoms with van der Waals surface area (Å²) in [6.45, 7) is 2.72. The van der Waals surface area contributed by atoms with Crippen molar-refractivity contribution in [1.29, 1.82) is 0 Å². The molecule has 21 heavy (non-hydrogen) atoms. The molecule has 0 bridgehead atoms. The number of nitrogens with one attached hydrogen (secondary N) is 1. The molecule has 1 amide bonds. The molecule has 2 aromatic rings. The van der Waals surface area contributed by atoms with Crippen molar-refractivity contribution in [2.45, 2.75) is 6.92 Å². The summed E-state index contributed by atoms with van der Waals surface area (Å²) in [5, 5.41) is 3.13. The van der Waals surface area contributed by atoms with E-state index >= 15 is 0 Å². The van der Waals surface area contributed by atoms with Crippen LogP contribution in [0.25, 0.3) is 0 Å². The van der Waals surface area contributed by atoms with Crippen molar-refractivity contribution in [1.82, 2.24) is 4.98 Å². The highest BCUT2D eigenvalue weighted by Crippen LogP contribution is 2.21. The molecule has 0 radical (unpaired) electrons. The molecule has 5 N–H and O–H groups in total. The number of nitrogens with two attached hydrogens (primary N) is 2. The number of nitrogens with zero attached hydrogens (tertiary/aromatic N) is 1. The normalized spacial score (nSPS) is 10.2. The van der Waals surface area contributed by atoms with E-state index < -0.39 is 5.91 Å². The van der Waals surface area contributed by atoms with Crippen LogP contribution in [0, 0.1) is 6.92 Å². The molecule has 0 atom stereocenters. The van der Waals surface area contributed by atoms with Crippen molar-refractivity contribution in [2.75, 3.05) is 18.5 Å². The van der Waals surface area contributed by atoms with Gasteiger partial charge in [-0.15, -0.1) is 0 Å². The third kappa shape index (κ3) is 4.19. The van der Waals surface area contributed by atoms with Gasteiger partial charge in [0.1, 0.15) is 18.2 Å². The number of ether oxygens (including phenoxy) is 1. The van der Waals surface area contributed by atoms with Gasteiger partial charge in [-0.1, -0.05) is 6.07 Å². The first-order chi connectivity index (χ1) is 10.1. The maximum atomic E-state index is 11.3. The van der Waals surface area contributed by atoms with Crippen LogP contribution in [0.4, 0.5) is 11.5 Å².